The number of benzene rings is 1. The molecule has 0 saturated carbocycles. The van der Waals surface area contributed by atoms with Gasteiger partial charge in [-0.2, -0.15) is 0 Å². The summed E-state index contributed by atoms with van der Waals surface area (Å²) >= 11 is 0. The molecule has 0 bridgehead atoms. The Balaban J connectivity index is 2.19. The number of carboxylic acids is 1. The molecule has 0 aliphatic carbocycles. The van der Waals surface area contributed by atoms with Crippen LogP contribution in [0.15, 0.2) is 12.1 Å². The largest absolute Gasteiger partial charge is 0.480 e. The van der Waals surface area contributed by atoms with Gasteiger partial charge in [-0.3, -0.25) is 9.69 Å². The molecule has 1 fully saturated rings. The van der Waals surface area contributed by atoms with Crippen molar-refractivity contribution in [2.75, 3.05) is 6.54 Å². The fourth-order valence-electron chi connectivity index (χ4n) is 2.70. The molecule has 1 aliphatic heterocycles. The van der Waals surface area contributed by atoms with Gasteiger partial charge in [-0.05, 0) is 62.4 Å². The normalized spacial score (nSPS) is 20.3. The molecule has 1 N–H and O–H groups in total. The number of carboxylic acid groups (broad SMARTS) is 1. The first-order chi connectivity index (χ1) is 8.49. The molecule has 3 heteroatoms. The number of nitrogens with zero attached hydrogens (tertiary/aromatic N) is 1. The Hall–Kier alpha value is -1.35. The Morgan fingerprint density at radius 3 is 2.61 bits per heavy atom. The average Bonchev–Trinajstić information content (AvgIpc) is 2.74. The Kier molecular flexibility index (Phi) is 3.71. The first kappa shape index (κ1) is 13.1. The lowest BCUT2D eigenvalue weighted by Crippen LogP contribution is -2.35. The highest BCUT2D eigenvalue weighted by molar-refractivity contribution is 5.73. The summed E-state index contributed by atoms with van der Waals surface area (Å²) in [5.41, 5.74) is 5.09. The molecule has 0 amide bonds. The van der Waals surface area contributed by atoms with Crippen molar-refractivity contribution in [2.24, 2.45) is 0 Å². The van der Waals surface area contributed by atoms with E-state index in [1.165, 1.54) is 22.3 Å². The zero-order chi connectivity index (χ0) is 13.3. The molecule has 3 nitrogen and oxygen atoms in total. The third-order valence-electron chi connectivity index (χ3n) is 3.97. The first-order valence-electron chi connectivity index (χ1n) is 6.52. The van der Waals surface area contributed by atoms with E-state index < -0.39 is 5.97 Å². The van der Waals surface area contributed by atoms with Gasteiger partial charge in [0.2, 0.25) is 0 Å². The van der Waals surface area contributed by atoms with E-state index in [1.54, 1.807) is 0 Å². The van der Waals surface area contributed by atoms with Gasteiger partial charge in [-0.15, -0.1) is 0 Å². The molecule has 1 aliphatic rings. The maximum Gasteiger partial charge on any atom is 0.320 e. The van der Waals surface area contributed by atoms with Crippen molar-refractivity contribution in [1.82, 2.24) is 4.90 Å². The lowest BCUT2D eigenvalue weighted by molar-refractivity contribution is -0.142. The van der Waals surface area contributed by atoms with E-state index in [0.717, 1.165) is 25.9 Å². The summed E-state index contributed by atoms with van der Waals surface area (Å²) < 4.78 is 0. The third-order valence-corrected chi connectivity index (χ3v) is 3.97. The number of likely N-dealkylation sites (tertiary alicyclic amines) is 1. The monoisotopic (exact) mass is 247 g/mol. The van der Waals surface area contributed by atoms with Crippen molar-refractivity contribution in [3.05, 3.63) is 34.4 Å². The number of hydrogen-bond acceptors (Lipinski definition) is 2. The molecule has 18 heavy (non-hydrogen) atoms. The summed E-state index contributed by atoms with van der Waals surface area (Å²) in [6.07, 6.45) is 1.76. The van der Waals surface area contributed by atoms with E-state index in [-0.39, 0.29) is 6.04 Å². The zero-order valence-electron chi connectivity index (χ0n) is 11.4. The molecular formula is C15H21NO2. The molecule has 1 aromatic carbocycles. The summed E-state index contributed by atoms with van der Waals surface area (Å²) in [7, 11) is 0. The van der Waals surface area contributed by atoms with Gasteiger partial charge in [0, 0.05) is 6.54 Å². The van der Waals surface area contributed by atoms with Crippen LogP contribution in [0.1, 0.15) is 35.1 Å². The van der Waals surface area contributed by atoms with Gasteiger partial charge < -0.3 is 5.11 Å². The van der Waals surface area contributed by atoms with Gasteiger partial charge in [0.05, 0.1) is 0 Å². The Bertz CT molecular complexity index is 468. The van der Waals surface area contributed by atoms with E-state index in [2.05, 4.69) is 37.8 Å². The van der Waals surface area contributed by atoms with E-state index in [0.29, 0.717) is 0 Å². The molecule has 0 aromatic heterocycles. The van der Waals surface area contributed by atoms with Crippen LogP contribution < -0.4 is 0 Å². The predicted octanol–water partition coefficient (Wildman–Crippen LogP) is 2.66. The van der Waals surface area contributed by atoms with Crippen LogP contribution in [0.5, 0.6) is 0 Å². The van der Waals surface area contributed by atoms with Crippen LogP contribution in [0, 0.1) is 20.8 Å². The SMILES string of the molecule is Cc1cc(C)c(CN2CCC[C@@H]2C(=O)O)cc1C. The van der Waals surface area contributed by atoms with Crippen molar-refractivity contribution < 1.29 is 9.90 Å². The first-order valence-corrected chi connectivity index (χ1v) is 6.52. The number of aryl methyl sites for hydroxylation is 3. The number of hydrogen-bond donors (Lipinski definition) is 1. The quantitative estimate of drug-likeness (QED) is 0.892. The van der Waals surface area contributed by atoms with Crippen LogP contribution in [0.3, 0.4) is 0 Å². The van der Waals surface area contributed by atoms with E-state index >= 15 is 0 Å². The van der Waals surface area contributed by atoms with Gasteiger partial charge in [0.25, 0.3) is 0 Å². The summed E-state index contributed by atoms with van der Waals surface area (Å²) in [6.45, 7) is 7.97. The van der Waals surface area contributed by atoms with Crippen molar-refractivity contribution in [3.63, 3.8) is 0 Å². The predicted molar refractivity (Wildman–Crippen MR) is 71.7 cm³/mol. The number of rotatable bonds is 3. The summed E-state index contributed by atoms with van der Waals surface area (Å²) in [6, 6.07) is 4.09. The molecule has 1 atom stereocenters. The van der Waals surface area contributed by atoms with Crippen LogP contribution in [0.2, 0.25) is 0 Å². The van der Waals surface area contributed by atoms with Crippen molar-refractivity contribution >= 4 is 5.97 Å². The van der Waals surface area contributed by atoms with Gasteiger partial charge in [-0.1, -0.05) is 12.1 Å². The molecular weight excluding hydrogens is 226 g/mol. The van der Waals surface area contributed by atoms with Crippen LogP contribution in [0.25, 0.3) is 0 Å². The minimum atomic E-state index is -0.686. The van der Waals surface area contributed by atoms with Gasteiger partial charge in [0.15, 0.2) is 0 Å². The second-order valence-corrected chi connectivity index (χ2v) is 5.33. The molecule has 1 heterocycles. The fraction of sp³-hybridized carbons (Fsp3) is 0.533. The van der Waals surface area contributed by atoms with Crippen LogP contribution in [-0.4, -0.2) is 28.6 Å². The Morgan fingerprint density at radius 1 is 1.28 bits per heavy atom. The maximum absolute atomic E-state index is 11.2. The van der Waals surface area contributed by atoms with E-state index in [4.69, 9.17) is 0 Å². The molecule has 0 unspecified atom stereocenters. The lowest BCUT2D eigenvalue weighted by atomic mass is 10.0. The average molecular weight is 247 g/mol. The van der Waals surface area contributed by atoms with Crippen molar-refractivity contribution in [1.29, 1.82) is 0 Å². The van der Waals surface area contributed by atoms with E-state index in [9.17, 15) is 9.90 Å². The van der Waals surface area contributed by atoms with Gasteiger partial charge in [0.1, 0.15) is 6.04 Å². The Labute approximate surface area is 108 Å². The highest BCUT2D eigenvalue weighted by Gasteiger charge is 2.30. The van der Waals surface area contributed by atoms with Gasteiger partial charge >= 0.3 is 5.97 Å². The molecule has 0 radical (unpaired) electrons. The van der Waals surface area contributed by atoms with Crippen LogP contribution in [0.4, 0.5) is 0 Å². The molecule has 1 aromatic rings. The molecule has 2 rings (SSSR count). The van der Waals surface area contributed by atoms with Crippen molar-refractivity contribution in [3.8, 4) is 0 Å². The Morgan fingerprint density at radius 2 is 1.94 bits per heavy atom. The van der Waals surface area contributed by atoms with Crippen LogP contribution >= 0.6 is 0 Å². The zero-order valence-corrected chi connectivity index (χ0v) is 11.4. The standard InChI is InChI=1S/C15H21NO2/c1-10-7-12(3)13(8-11(10)2)9-16-6-4-5-14(16)15(17)18/h7-8,14H,4-6,9H2,1-3H3,(H,17,18)/t14-/m1/s1. The number of aliphatic carboxylic acids is 1. The summed E-state index contributed by atoms with van der Waals surface area (Å²) in [5.74, 6) is -0.686. The lowest BCUT2D eigenvalue weighted by Gasteiger charge is -2.22. The fourth-order valence-corrected chi connectivity index (χ4v) is 2.70. The smallest absolute Gasteiger partial charge is 0.320 e. The topological polar surface area (TPSA) is 40.5 Å². The second-order valence-electron chi connectivity index (χ2n) is 5.33. The second kappa shape index (κ2) is 5.11. The minimum Gasteiger partial charge on any atom is -0.480 e. The molecule has 1 saturated heterocycles. The summed E-state index contributed by atoms with van der Waals surface area (Å²) in [5, 5.41) is 9.19. The van der Waals surface area contributed by atoms with E-state index in [1.807, 2.05) is 0 Å². The number of carbonyl (C=O) groups is 1. The van der Waals surface area contributed by atoms with Gasteiger partial charge in [-0.25, -0.2) is 0 Å². The molecule has 98 valence electrons. The maximum atomic E-state index is 11.2. The minimum absolute atomic E-state index is 0.300. The molecule has 0 spiro atoms. The third kappa shape index (κ3) is 2.56. The highest BCUT2D eigenvalue weighted by Crippen LogP contribution is 2.23. The summed E-state index contributed by atoms with van der Waals surface area (Å²) in [4.78, 5) is 13.2. The van der Waals surface area contributed by atoms with Crippen LogP contribution in [-0.2, 0) is 11.3 Å². The highest BCUT2D eigenvalue weighted by atomic mass is 16.4. The van der Waals surface area contributed by atoms with Crippen molar-refractivity contribution in [2.45, 2.75) is 46.2 Å².